The lowest BCUT2D eigenvalue weighted by Gasteiger charge is -2.14. The Hall–Kier alpha value is -1.75. The van der Waals surface area contributed by atoms with Gasteiger partial charge >= 0.3 is 0 Å². The average Bonchev–Trinajstić information content (AvgIpc) is 2.59. The van der Waals surface area contributed by atoms with Crippen LogP contribution in [0.25, 0.3) is 0 Å². The second-order valence-corrected chi connectivity index (χ2v) is 6.33. The second kappa shape index (κ2) is 10.1. The summed E-state index contributed by atoms with van der Waals surface area (Å²) < 4.78 is 11.6. The maximum Gasteiger partial charge on any atom is 0.187 e. The molecule has 0 spiro atoms. The number of thioether (sulfide) groups is 1. The van der Waals surface area contributed by atoms with Crippen molar-refractivity contribution in [2.45, 2.75) is 44.4 Å². The summed E-state index contributed by atoms with van der Waals surface area (Å²) in [5.74, 6) is 2.57. The van der Waals surface area contributed by atoms with Crippen LogP contribution in [0.3, 0.4) is 0 Å². The highest BCUT2D eigenvalue weighted by molar-refractivity contribution is 7.99. The van der Waals surface area contributed by atoms with Gasteiger partial charge in [-0.05, 0) is 43.7 Å². The van der Waals surface area contributed by atoms with Gasteiger partial charge in [-0.2, -0.15) is 0 Å². The normalized spacial score (nSPS) is 11.9. The van der Waals surface area contributed by atoms with E-state index in [4.69, 9.17) is 9.47 Å². The van der Waals surface area contributed by atoms with Crippen LogP contribution in [0.4, 0.5) is 0 Å². The molecule has 2 aromatic rings. The molecule has 0 aliphatic carbocycles. The van der Waals surface area contributed by atoms with Crippen molar-refractivity contribution >= 4 is 11.8 Å². The zero-order chi connectivity index (χ0) is 16.3. The maximum absolute atomic E-state index is 5.88. The zero-order valence-electron chi connectivity index (χ0n) is 13.8. The molecule has 0 bridgehead atoms. The molecule has 0 fully saturated rings. The van der Waals surface area contributed by atoms with Crippen LogP contribution in [0.2, 0.25) is 0 Å². The number of ether oxygens (including phenoxy) is 2. The fraction of sp³-hybridized carbons (Fsp3) is 0.444. The average molecular weight is 332 g/mol. The summed E-state index contributed by atoms with van der Waals surface area (Å²) in [7, 11) is 0. The van der Waals surface area contributed by atoms with Gasteiger partial charge in [-0.15, -0.1) is 0 Å². The third kappa shape index (κ3) is 6.91. The number of aromatic nitrogens is 2. The minimum Gasteiger partial charge on any atom is -0.493 e. The van der Waals surface area contributed by atoms with Crippen molar-refractivity contribution in [3.63, 3.8) is 0 Å². The molecule has 0 radical (unpaired) electrons. The number of rotatable bonds is 10. The molecule has 1 atom stereocenters. The number of hydrogen-bond donors (Lipinski definition) is 0. The van der Waals surface area contributed by atoms with E-state index in [1.54, 1.807) is 24.2 Å². The van der Waals surface area contributed by atoms with E-state index < -0.39 is 0 Å². The Morgan fingerprint density at radius 1 is 1.09 bits per heavy atom. The maximum atomic E-state index is 5.88. The van der Waals surface area contributed by atoms with Gasteiger partial charge in [-0.3, -0.25) is 0 Å². The molecule has 5 heteroatoms. The first-order valence-electron chi connectivity index (χ1n) is 8.07. The monoisotopic (exact) mass is 332 g/mol. The molecule has 124 valence electrons. The Balaban J connectivity index is 1.68. The summed E-state index contributed by atoms with van der Waals surface area (Å²) in [4.78, 5) is 8.33. The number of nitrogens with zero attached hydrogens (tertiary/aromatic N) is 2. The first kappa shape index (κ1) is 17.6. The molecular formula is C18H24N2O2S. The van der Waals surface area contributed by atoms with E-state index in [0.29, 0.717) is 6.61 Å². The lowest BCUT2D eigenvalue weighted by atomic mass is 10.2. The van der Waals surface area contributed by atoms with Crippen LogP contribution < -0.4 is 9.47 Å². The second-order valence-electron chi connectivity index (χ2n) is 5.27. The van der Waals surface area contributed by atoms with E-state index in [9.17, 15) is 0 Å². The van der Waals surface area contributed by atoms with Crippen molar-refractivity contribution in [1.29, 1.82) is 0 Å². The van der Waals surface area contributed by atoms with Crippen LogP contribution >= 0.6 is 11.8 Å². The highest BCUT2D eigenvalue weighted by Gasteiger charge is 2.04. The summed E-state index contributed by atoms with van der Waals surface area (Å²) in [6.45, 7) is 4.93. The van der Waals surface area contributed by atoms with E-state index in [-0.39, 0.29) is 6.10 Å². The molecular weight excluding hydrogens is 308 g/mol. The topological polar surface area (TPSA) is 44.2 Å². The van der Waals surface area contributed by atoms with Gasteiger partial charge in [0.15, 0.2) is 5.16 Å². The molecule has 0 amide bonds. The molecule has 0 saturated carbocycles. The SMILES string of the molecule is CCCCC(C)Oc1ccc(OCCSc2ncccn2)cc1. The third-order valence-electron chi connectivity index (χ3n) is 3.25. The largest absolute Gasteiger partial charge is 0.493 e. The van der Waals surface area contributed by atoms with Crippen molar-refractivity contribution in [3.8, 4) is 11.5 Å². The minimum absolute atomic E-state index is 0.254. The van der Waals surface area contributed by atoms with E-state index in [2.05, 4.69) is 23.8 Å². The molecule has 0 aliphatic heterocycles. The fourth-order valence-electron chi connectivity index (χ4n) is 2.05. The Morgan fingerprint density at radius 2 is 1.78 bits per heavy atom. The molecule has 1 unspecified atom stereocenters. The predicted octanol–water partition coefficient (Wildman–Crippen LogP) is 4.61. The molecule has 1 aromatic carbocycles. The Morgan fingerprint density at radius 3 is 2.48 bits per heavy atom. The summed E-state index contributed by atoms with van der Waals surface area (Å²) >= 11 is 1.59. The lowest BCUT2D eigenvalue weighted by Crippen LogP contribution is -2.11. The van der Waals surface area contributed by atoms with Gasteiger partial charge in [-0.1, -0.05) is 31.5 Å². The van der Waals surface area contributed by atoms with Gasteiger partial charge in [0.1, 0.15) is 11.5 Å². The molecule has 1 heterocycles. The number of hydrogen-bond acceptors (Lipinski definition) is 5. The van der Waals surface area contributed by atoms with Crippen LogP contribution in [0.5, 0.6) is 11.5 Å². The number of unbranched alkanes of at least 4 members (excludes halogenated alkanes) is 1. The van der Waals surface area contributed by atoms with Gasteiger partial charge in [0, 0.05) is 18.1 Å². The van der Waals surface area contributed by atoms with Crippen molar-refractivity contribution in [3.05, 3.63) is 42.7 Å². The lowest BCUT2D eigenvalue weighted by molar-refractivity contribution is 0.207. The molecule has 23 heavy (non-hydrogen) atoms. The van der Waals surface area contributed by atoms with E-state index in [1.165, 1.54) is 12.8 Å². The van der Waals surface area contributed by atoms with Crippen LogP contribution in [-0.2, 0) is 0 Å². The first-order valence-corrected chi connectivity index (χ1v) is 9.06. The minimum atomic E-state index is 0.254. The third-order valence-corrected chi connectivity index (χ3v) is 4.09. The quantitative estimate of drug-likeness (QED) is 0.361. The molecule has 0 aliphatic rings. The molecule has 2 rings (SSSR count). The summed E-state index contributed by atoms with van der Waals surface area (Å²) in [5.41, 5.74) is 0. The summed E-state index contributed by atoms with van der Waals surface area (Å²) in [6, 6.07) is 9.64. The first-order chi connectivity index (χ1) is 11.3. The van der Waals surface area contributed by atoms with E-state index >= 15 is 0 Å². The molecule has 1 aromatic heterocycles. The van der Waals surface area contributed by atoms with E-state index in [0.717, 1.165) is 28.8 Å². The van der Waals surface area contributed by atoms with Crippen molar-refractivity contribution < 1.29 is 9.47 Å². The Bertz CT molecular complexity index is 549. The standard InChI is InChI=1S/C18H24N2O2S/c1-3-4-6-15(2)22-17-9-7-16(8-10-17)21-13-14-23-18-19-11-5-12-20-18/h5,7-12,15H,3-4,6,13-14H2,1-2H3. The van der Waals surface area contributed by atoms with Crippen molar-refractivity contribution in [2.24, 2.45) is 0 Å². The van der Waals surface area contributed by atoms with Crippen molar-refractivity contribution in [2.75, 3.05) is 12.4 Å². The molecule has 0 N–H and O–H groups in total. The van der Waals surface area contributed by atoms with E-state index in [1.807, 2.05) is 30.3 Å². The van der Waals surface area contributed by atoms with Gasteiger partial charge in [-0.25, -0.2) is 9.97 Å². The van der Waals surface area contributed by atoms with Crippen LogP contribution in [-0.4, -0.2) is 28.4 Å². The van der Waals surface area contributed by atoms with Gasteiger partial charge < -0.3 is 9.47 Å². The van der Waals surface area contributed by atoms with Crippen LogP contribution in [0, 0.1) is 0 Å². The van der Waals surface area contributed by atoms with Gasteiger partial charge in [0.25, 0.3) is 0 Å². The van der Waals surface area contributed by atoms with Crippen molar-refractivity contribution in [1.82, 2.24) is 9.97 Å². The zero-order valence-corrected chi connectivity index (χ0v) is 14.6. The summed E-state index contributed by atoms with van der Waals surface area (Å²) in [6.07, 6.45) is 7.24. The molecule has 4 nitrogen and oxygen atoms in total. The van der Waals surface area contributed by atoms with Crippen LogP contribution in [0.15, 0.2) is 47.9 Å². The molecule has 0 saturated heterocycles. The number of benzene rings is 1. The highest BCUT2D eigenvalue weighted by atomic mass is 32.2. The Labute approximate surface area is 142 Å². The summed E-state index contributed by atoms with van der Waals surface area (Å²) in [5, 5.41) is 0.779. The van der Waals surface area contributed by atoms with Gasteiger partial charge in [0.05, 0.1) is 12.7 Å². The van der Waals surface area contributed by atoms with Gasteiger partial charge in [0.2, 0.25) is 0 Å². The smallest absolute Gasteiger partial charge is 0.187 e. The predicted molar refractivity (Wildman–Crippen MR) is 94.3 cm³/mol. The highest BCUT2D eigenvalue weighted by Crippen LogP contribution is 2.20. The fourth-order valence-corrected chi connectivity index (χ4v) is 2.67. The van der Waals surface area contributed by atoms with Crippen LogP contribution in [0.1, 0.15) is 33.1 Å². The Kier molecular flexibility index (Phi) is 7.73.